The van der Waals surface area contributed by atoms with Gasteiger partial charge in [-0.1, -0.05) is 41.6 Å². The van der Waals surface area contributed by atoms with Crippen LogP contribution in [0.15, 0.2) is 46.2 Å². The van der Waals surface area contributed by atoms with Crippen LogP contribution in [0, 0.1) is 13.8 Å². The van der Waals surface area contributed by atoms with Crippen LogP contribution in [0.3, 0.4) is 0 Å². The molecule has 7 heteroatoms. The van der Waals surface area contributed by atoms with Crippen molar-refractivity contribution >= 4 is 34.4 Å². The maximum absolute atomic E-state index is 4.79. The minimum absolute atomic E-state index is 0.795. The van der Waals surface area contributed by atoms with E-state index in [1.807, 2.05) is 0 Å². The van der Waals surface area contributed by atoms with Gasteiger partial charge < -0.3 is 4.57 Å². The number of thioether (sulfide) groups is 1. The van der Waals surface area contributed by atoms with Gasteiger partial charge in [-0.3, -0.25) is 0 Å². The van der Waals surface area contributed by atoms with Gasteiger partial charge >= 0.3 is 0 Å². The Balaban J connectivity index is 1.49. The third-order valence-corrected chi connectivity index (χ3v) is 7.02. The molecule has 0 radical (unpaired) electrons. The molecule has 3 aromatic heterocycles. The Morgan fingerprint density at radius 2 is 1.81 bits per heavy atom. The fourth-order valence-electron chi connectivity index (χ4n) is 2.80. The molecule has 0 aliphatic carbocycles. The van der Waals surface area contributed by atoms with Crippen LogP contribution in [-0.4, -0.2) is 19.7 Å². The molecule has 0 aliphatic rings. The van der Waals surface area contributed by atoms with Crippen LogP contribution in [-0.2, 0) is 12.3 Å². The zero-order chi connectivity index (χ0) is 18.8. The first kappa shape index (κ1) is 18.4. The van der Waals surface area contributed by atoms with E-state index < -0.39 is 0 Å². The molecule has 0 spiro atoms. The standard InChI is InChI=1S/C20H20N4S3/c1-4-24-18(16-9-14(3)25-10-16)22-23-20(24)27-12-17-11-26-19(21-17)15-7-5-13(2)6-8-15/h5-11H,4,12H2,1-3H3. The molecule has 27 heavy (non-hydrogen) atoms. The highest BCUT2D eigenvalue weighted by Gasteiger charge is 2.15. The minimum atomic E-state index is 0.795. The summed E-state index contributed by atoms with van der Waals surface area (Å²) in [6, 6.07) is 10.7. The highest BCUT2D eigenvalue weighted by molar-refractivity contribution is 7.98. The fraction of sp³-hybridized carbons (Fsp3) is 0.250. The zero-order valence-corrected chi connectivity index (χ0v) is 17.9. The molecular weight excluding hydrogens is 392 g/mol. The third-order valence-electron chi connectivity index (χ3n) is 4.22. The van der Waals surface area contributed by atoms with E-state index >= 15 is 0 Å². The Morgan fingerprint density at radius 3 is 2.52 bits per heavy atom. The van der Waals surface area contributed by atoms with Crippen molar-refractivity contribution < 1.29 is 0 Å². The van der Waals surface area contributed by atoms with Gasteiger partial charge in [-0.05, 0) is 26.8 Å². The second-order valence-corrected chi connectivity index (χ2v) is 9.21. The SMILES string of the molecule is CCn1c(SCc2csc(-c3ccc(C)cc3)n2)nnc1-c1csc(C)c1. The molecule has 1 aromatic carbocycles. The average Bonchev–Trinajstić information content (AvgIpc) is 3.39. The topological polar surface area (TPSA) is 43.6 Å². The Labute approximate surface area is 171 Å². The van der Waals surface area contributed by atoms with E-state index in [1.165, 1.54) is 16.0 Å². The van der Waals surface area contributed by atoms with Crippen molar-refractivity contribution in [2.75, 3.05) is 0 Å². The number of thiazole rings is 1. The lowest BCUT2D eigenvalue weighted by atomic mass is 10.2. The molecule has 0 atom stereocenters. The Bertz CT molecular complexity index is 1040. The lowest BCUT2D eigenvalue weighted by molar-refractivity contribution is 0.687. The first-order chi connectivity index (χ1) is 13.1. The van der Waals surface area contributed by atoms with Crippen LogP contribution in [0.2, 0.25) is 0 Å². The number of thiophene rings is 1. The van der Waals surface area contributed by atoms with Gasteiger partial charge in [0.15, 0.2) is 11.0 Å². The largest absolute Gasteiger partial charge is 0.302 e. The van der Waals surface area contributed by atoms with E-state index in [-0.39, 0.29) is 0 Å². The molecule has 0 amide bonds. The maximum atomic E-state index is 4.79. The van der Waals surface area contributed by atoms with E-state index in [1.54, 1.807) is 34.4 Å². The molecule has 0 saturated heterocycles. The summed E-state index contributed by atoms with van der Waals surface area (Å²) in [5, 5.41) is 15.1. The normalized spacial score (nSPS) is 11.2. The minimum Gasteiger partial charge on any atom is -0.302 e. The predicted octanol–water partition coefficient (Wildman–Crippen LogP) is 6.06. The number of hydrogen-bond donors (Lipinski definition) is 0. The number of aryl methyl sites for hydroxylation is 2. The van der Waals surface area contributed by atoms with E-state index in [2.05, 4.69) is 76.6 Å². The van der Waals surface area contributed by atoms with Crippen molar-refractivity contribution in [3.8, 4) is 22.0 Å². The summed E-state index contributed by atoms with van der Waals surface area (Å²) in [6.45, 7) is 7.20. The van der Waals surface area contributed by atoms with Gasteiger partial charge in [-0.25, -0.2) is 4.98 Å². The maximum Gasteiger partial charge on any atom is 0.191 e. The fourth-order valence-corrected chi connectivity index (χ4v) is 5.30. The molecule has 0 saturated carbocycles. The predicted molar refractivity (Wildman–Crippen MR) is 116 cm³/mol. The molecule has 4 aromatic rings. The summed E-state index contributed by atoms with van der Waals surface area (Å²) in [6.07, 6.45) is 0. The van der Waals surface area contributed by atoms with Crippen molar-refractivity contribution in [1.82, 2.24) is 19.7 Å². The summed E-state index contributed by atoms with van der Waals surface area (Å²) < 4.78 is 2.18. The van der Waals surface area contributed by atoms with E-state index in [0.29, 0.717) is 0 Å². The molecule has 0 fully saturated rings. The lowest BCUT2D eigenvalue weighted by Gasteiger charge is -2.05. The van der Waals surface area contributed by atoms with E-state index in [9.17, 15) is 0 Å². The second kappa shape index (κ2) is 7.96. The average molecular weight is 413 g/mol. The summed E-state index contributed by atoms with van der Waals surface area (Å²) in [5.41, 5.74) is 4.67. The van der Waals surface area contributed by atoms with Crippen molar-refractivity contribution in [3.63, 3.8) is 0 Å². The molecule has 0 bridgehead atoms. The summed E-state index contributed by atoms with van der Waals surface area (Å²) in [7, 11) is 0. The molecular formula is C20H20N4S3. The molecule has 138 valence electrons. The molecule has 0 unspecified atom stereocenters. The van der Waals surface area contributed by atoms with Crippen LogP contribution in [0.1, 0.15) is 23.1 Å². The van der Waals surface area contributed by atoms with Crippen LogP contribution >= 0.6 is 34.4 Å². The Kier molecular flexibility index (Phi) is 5.43. The monoisotopic (exact) mass is 412 g/mol. The number of hydrogen-bond acceptors (Lipinski definition) is 6. The van der Waals surface area contributed by atoms with Crippen molar-refractivity contribution in [3.05, 3.63) is 57.2 Å². The third kappa shape index (κ3) is 4.00. The molecule has 4 nitrogen and oxygen atoms in total. The van der Waals surface area contributed by atoms with Crippen LogP contribution in [0.25, 0.3) is 22.0 Å². The van der Waals surface area contributed by atoms with Gasteiger partial charge in [0.25, 0.3) is 0 Å². The number of rotatable bonds is 6. The lowest BCUT2D eigenvalue weighted by Crippen LogP contribution is -1.99. The van der Waals surface area contributed by atoms with Gasteiger partial charge in [-0.2, -0.15) is 0 Å². The van der Waals surface area contributed by atoms with Crippen molar-refractivity contribution in [2.24, 2.45) is 0 Å². The van der Waals surface area contributed by atoms with Crippen LogP contribution in [0.4, 0.5) is 0 Å². The quantitative estimate of drug-likeness (QED) is 0.361. The molecule has 0 N–H and O–H groups in total. The van der Waals surface area contributed by atoms with Gasteiger partial charge in [0.05, 0.1) is 5.69 Å². The van der Waals surface area contributed by atoms with Gasteiger partial charge in [-0.15, -0.1) is 32.9 Å². The Morgan fingerprint density at radius 1 is 1.00 bits per heavy atom. The zero-order valence-electron chi connectivity index (χ0n) is 15.5. The molecule has 4 rings (SSSR count). The van der Waals surface area contributed by atoms with E-state index in [4.69, 9.17) is 4.98 Å². The van der Waals surface area contributed by atoms with Crippen molar-refractivity contribution in [1.29, 1.82) is 0 Å². The number of nitrogens with zero attached hydrogens (tertiary/aromatic N) is 4. The summed E-state index contributed by atoms with van der Waals surface area (Å²) in [4.78, 5) is 6.08. The number of aromatic nitrogens is 4. The highest BCUT2D eigenvalue weighted by atomic mass is 32.2. The first-order valence-corrected chi connectivity index (χ1v) is 11.5. The van der Waals surface area contributed by atoms with Gasteiger partial charge in [0, 0.05) is 39.1 Å². The Hall–Kier alpha value is -1.96. The molecule has 0 aliphatic heterocycles. The second-order valence-electron chi connectivity index (χ2n) is 6.30. The molecule has 3 heterocycles. The van der Waals surface area contributed by atoms with E-state index in [0.717, 1.165) is 39.5 Å². The first-order valence-electron chi connectivity index (χ1n) is 8.77. The van der Waals surface area contributed by atoms with Gasteiger partial charge in [0.2, 0.25) is 0 Å². The number of benzene rings is 1. The summed E-state index contributed by atoms with van der Waals surface area (Å²) >= 11 is 5.13. The van der Waals surface area contributed by atoms with Crippen LogP contribution in [0.5, 0.6) is 0 Å². The van der Waals surface area contributed by atoms with Crippen LogP contribution < -0.4 is 0 Å². The van der Waals surface area contributed by atoms with Crippen molar-refractivity contribution in [2.45, 2.75) is 38.2 Å². The summed E-state index contributed by atoms with van der Waals surface area (Å²) in [5.74, 6) is 1.74. The van der Waals surface area contributed by atoms with Gasteiger partial charge in [0.1, 0.15) is 5.01 Å². The smallest absolute Gasteiger partial charge is 0.191 e. The highest BCUT2D eigenvalue weighted by Crippen LogP contribution is 2.30.